The maximum Gasteiger partial charge on any atom is 0.410 e. The lowest BCUT2D eigenvalue weighted by Gasteiger charge is -2.40. The minimum Gasteiger partial charge on any atom is -0.436 e. The van der Waals surface area contributed by atoms with Crippen LogP contribution in [0.3, 0.4) is 0 Å². The van der Waals surface area contributed by atoms with Gasteiger partial charge in [0.2, 0.25) is 0 Å². The second kappa shape index (κ2) is 14.1. The summed E-state index contributed by atoms with van der Waals surface area (Å²) >= 11 is 6.47. The summed E-state index contributed by atoms with van der Waals surface area (Å²) in [5.41, 5.74) is 10.0. The van der Waals surface area contributed by atoms with E-state index >= 15 is 0 Å². The molecule has 0 unspecified atom stereocenters. The van der Waals surface area contributed by atoms with Crippen LogP contribution in [0.1, 0.15) is 62.6 Å². The third-order valence-corrected chi connectivity index (χ3v) is 10.9. The maximum absolute atomic E-state index is 14.0. The molecule has 248 valence electrons. The Morgan fingerprint density at radius 2 is 1.59 bits per heavy atom. The van der Waals surface area contributed by atoms with Gasteiger partial charge in [0.25, 0.3) is 5.91 Å². The highest BCUT2D eigenvalue weighted by molar-refractivity contribution is 6.33. The van der Waals surface area contributed by atoms with E-state index in [1.165, 1.54) is 12.8 Å². The lowest BCUT2D eigenvalue weighted by atomic mass is 9.79. The first-order chi connectivity index (χ1) is 22.2. The Morgan fingerprint density at radius 1 is 0.957 bits per heavy atom. The van der Waals surface area contributed by atoms with Gasteiger partial charge in [-0.3, -0.25) is 9.36 Å². The number of anilines is 1. The number of aromatic amines is 1. The molecule has 3 aromatic rings. The standard InChI is InChI=1S/C35H47ClN6O4/c1-3-24-20-23(21-28(36)32(24)37)22-31(33(43)40-16-10-26(11-17-40)25-8-14-39(2)15-9-25)46-35(45)41-18-12-27(13-19-41)42-30-7-5-4-6-29(30)38-34(42)44/h4-7,20-21,25-27,31H,3,8-19,22,37H2,1-2H3,(H,38,44)/t31-/m1/s1. The van der Waals surface area contributed by atoms with E-state index in [1.807, 2.05) is 42.2 Å². The number of piperidine rings is 3. The normalized spacial score (nSPS) is 19.9. The highest BCUT2D eigenvalue weighted by Gasteiger charge is 2.36. The number of aromatic nitrogens is 2. The van der Waals surface area contributed by atoms with Crippen molar-refractivity contribution in [3.8, 4) is 0 Å². The fourth-order valence-electron chi connectivity index (χ4n) is 7.78. The SMILES string of the molecule is CCc1cc(C[C@@H](OC(=O)N2CCC(n3c(=O)[nH]c4ccccc43)CC2)C(=O)N2CCC(C3CCN(C)CC3)CC2)cc(Cl)c1N. The number of nitrogens with two attached hydrogens (primary N) is 1. The van der Waals surface area contributed by atoms with Gasteiger partial charge >= 0.3 is 11.8 Å². The Hall–Kier alpha value is -3.50. The van der Waals surface area contributed by atoms with Crippen molar-refractivity contribution in [3.05, 3.63) is 63.0 Å². The van der Waals surface area contributed by atoms with Crippen LogP contribution in [0.25, 0.3) is 11.0 Å². The zero-order valence-corrected chi connectivity index (χ0v) is 27.8. The smallest absolute Gasteiger partial charge is 0.410 e. The third kappa shape index (κ3) is 6.93. The van der Waals surface area contributed by atoms with E-state index in [1.54, 1.807) is 15.5 Å². The molecule has 2 aromatic carbocycles. The van der Waals surface area contributed by atoms with Gasteiger partial charge in [-0.15, -0.1) is 0 Å². The van der Waals surface area contributed by atoms with E-state index in [9.17, 15) is 14.4 Å². The molecule has 0 spiro atoms. The molecule has 0 aliphatic carbocycles. The van der Waals surface area contributed by atoms with Gasteiger partial charge in [0, 0.05) is 38.6 Å². The van der Waals surface area contributed by atoms with Crippen molar-refractivity contribution in [2.75, 3.05) is 52.0 Å². The molecule has 0 radical (unpaired) electrons. The Balaban J connectivity index is 1.13. The Bertz CT molecular complexity index is 1600. The van der Waals surface area contributed by atoms with E-state index in [0.717, 1.165) is 54.0 Å². The van der Waals surface area contributed by atoms with Gasteiger partial charge in [-0.25, -0.2) is 9.59 Å². The largest absolute Gasteiger partial charge is 0.436 e. The second-order valence-electron chi connectivity index (χ2n) is 13.4. The van der Waals surface area contributed by atoms with Gasteiger partial charge in [-0.1, -0.05) is 36.7 Å². The fraction of sp³-hybridized carbons (Fsp3) is 0.571. The number of likely N-dealkylation sites (tertiary alicyclic amines) is 3. The number of amides is 2. The van der Waals surface area contributed by atoms with Gasteiger partial charge in [0.1, 0.15) is 0 Å². The summed E-state index contributed by atoms with van der Waals surface area (Å²) in [6.07, 6.45) is 5.11. The van der Waals surface area contributed by atoms with Crippen molar-refractivity contribution >= 4 is 40.3 Å². The predicted octanol–water partition coefficient (Wildman–Crippen LogP) is 5.09. The van der Waals surface area contributed by atoms with Crippen LogP contribution in [0.15, 0.2) is 41.2 Å². The minimum atomic E-state index is -0.967. The molecule has 3 aliphatic rings. The Kier molecular flexibility index (Phi) is 9.94. The average molecular weight is 651 g/mol. The molecule has 3 saturated heterocycles. The molecule has 3 fully saturated rings. The zero-order chi connectivity index (χ0) is 32.4. The van der Waals surface area contributed by atoms with Crippen LogP contribution in [-0.4, -0.2) is 88.7 Å². The number of fused-ring (bicyclic) bond motifs is 1. The lowest BCUT2D eigenvalue weighted by Crippen LogP contribution is -2.49. The average Bonchev–Trinajstić information content (AvgIpc) is 3.41. The van der Waals surface area contributed by atoms with E-state index in [4.69, 9.17) is 22.1 Å². The van der Waals surface area contributed by atoms with E-state index < -0.39 is 12.2 Å². The van der Waals surface area contributed by atoms with Crippen LogP contribution >= 0.6 is 11.6 Å². The highest BCUT2D eigenvalue weighted by Crippen LogP contribution is 2.33. The van der Waals surface area contributed by atoms with Crippen LogP contribution in [-0.2, 0) is 22.4 Å². The van der Waals surface area contributed by atoms with Gasteiger partial charge in [-0.2, -0.15) is 0 Å². The highest BCUT2D eigenvalue weighted by atomic mass is 35.5. The number of nitrogens with zero attached hydrogens (tertiary/aromatic N) is 4. The molecule has 0 saturated carbocycles. The fourth-order valence-corrected chi connectivity index (χ4v) is 8.04. The maximum atomic E-state index is 14.0. The molecule has 6 rings (SSSR count). The number of carbonyl (C=O) groups excluding carboxylic acids is 2. The number of nitrogen functional groups attached to an aromatic ring is 1. The number of ether oxygens (including phenoxy) is 1. The van der Waals surface area contributed by atoms with Crippen molar-refractivity contribution in [2.24, 2.45) is 11.8 Å². The first-order valence-electron chi connectivity index (χ1n) is 16.9. The quantitative estimate of drug-likeness (QED) is 0.344. The molecule has 3 N–H and O–H groups in total. The number of H-pyrrole nitrogens is 1. The van der Waals surface area contributed by atoms with Crippen LogP contribution < -0.4 is 11.4 Å². The molecule has 3 aliphatic heterocycles. The van der Waals surface area contributed by atoms with Gasteiger partial charge in [0.15, 0.2) is 6.10 Å². The summed E-state index contributed by atoms with van der Waals surface area (Å²) in [5.74, 6) is 1.20. The number of halogens is 1. The number of rotatable bonds is 7. The molecule has 4 heterocycles. The summed E-state index contributed by atoms with van der Waals surface area (Å²) in [4.78, 5) is 49.3. The van der Waals surface area contributed by atoms with Crippen LogP contribution in [0.4, 0.5) is 10.5 Å². The number of benzene rings is 2. The van der Waals surface area contributed by atoms with Gasteiger partial charge in [0.05, 0.1) is 21.7 Å². The monoisotopic (exact) mass is 650 g/mol. The molecular formula is C35H47ClN6O4. The van der Waals surface area contributed by atoms with Crippen molar-refractivity contribution in [1.29, 1.82) is 0 Å². The van der Waals surface area contributed by atoms with E-state index in [2.05, 4.69) is 16.9 Å². The van der Waals surface area contributed by atoms with Crippen LogP contribution in [0.2, 0.25) is 5.02 Å². The summed E-state index contributed by atoms with van der Waals surface area (Å²) < 4.78 is 7.87. The number of hydrogen-bond acceptors (Lipinski definition) is 6. The predicted molar refractivity (Wildman–Crippen MR) is 181 cm³/mol. The molecule has 1 atom stereocenters. The number of aryl methyl sites for hydroxylation is 1. The van der Waals surface area contributed by atoms with Crippen LogP contribution in [0.5, 0.6) is 0 Å². The van der Waals surface area contributed by atoms with Crippen molar-refractivity contribution in [1.82, 2.24) is 24.3 Å². The topological polar surface area (TPSA) is 117 Å². The second-order valence-corrected chi connectivity index (χ2v) is 13.8. The Morgan fingerprint density at radius 3 is 2.26 bits per heavy atom. The first kappa shape index (κ1) is 32.4. The molecule has 46 heavy (non-hydrogen) atoms. The van der Waals surface area contributed by atoms with E-state index in [0.29, 0.717) is 62.1 Å². The summed E-state index contributed by atoms with van der Waals surface area (Å²) in [6.45, 7) is 6.52. The first-order valence-corrected chi connectivity index (χ1v) is 17.3. The summed E-state index contributed by atoms with van der Waals surface area (Å²) in [6, 6.07) is 11.4. The molecule has 1 aromatic heterocycles. The molecule has 2 amide bonds. The number of para-hydroxylation sites is 2. The Labute approximate surface area is 275 Å². The number of carbonyl (C=O) groups is 2. The lowest BCUT2D eigenvalue weighted by molar-refractivity contribution is -0.142. The number of hydrogen-bond donors (Lipinski definition) is 2. The number of nitrogens with one attached hydrogen (secondary N) is 1. The molecule has 11 heteroatoms. The number of imidazole rings is 1. The molecule has 0 bridgehead atoms. The van der Waals surface area contributed by atoms with Crippen LogP contribution in [0, 0.1) is 11.8 Å². The van der Waals surface area contributed by atoms with Crippen molar-refractivity contribution in [3.63, 3.8) is 0 Å². The van der Waals surface area contributed by atoms with Gasteiger partial charge < -0.3 is 30.2 Å². The summed E-state index contributed by atoms with van der Waals surface area (Å²) in [7, 11) is 2.18. The minimum absolute atomic E-state index is 0.0274. The van der Waals surface area contributed by atoms with Crippen molar-refractivity contribution < 1.29 is 14.3 Å². The zero-order valence-electron chi connectivity index (χ0n) is 27.1. The van der Waals surface area contributed by atoms with Crippen molar-refractivity contribution in [2.45, 2.75) is 70.4 Å². The third-order valence-electron chi connectivity index (χ3n) is 10.6. The van der Waals surface area contributed by atoms with E-state index in [-0.39, 0.29) is 24.1 Å². The summed E-state index contributed by atoms with van der Waals surface area (Å²) in [5, 5.41) is 0.445. The van der Waals surface area contributed by atoms with Gasteiger partial charge in [-0.05, 0) is 106 Å². The molecule has 10 nitrogen and oxygen atoms in total. The molecular weight excluding hydrogens is 604 g/mol.